The second-order valence-corrected chi connectivity index (χ2v) is 12.5. The van der Waals surface area contributed by atoms with E-state index >= 15 is 0 Å². The number of nitrogens with zero attached hydrogens (tertiary/aromatic N) is 2. The summed E-state index contributed by atoms with van der Waals surface area (Å²) in [5.41, 5.74) is 8.77. The number of benzene rings is 8. The zero-order valence-electron chi connectivity index (χ0n) is 26.5. The molecule has 10 rings (SSSR count). The molecule has 0 amide bonds. The zero-order valence-corrected chi connectivity index (χ0v) is 26.5. The van der Waals surface area contributed by atoms with Crippen molar-refractivity contribution in [3.63, 3.8) is 0 Å². The van der Waals surface area contributed by atoms with E-state index in [1.165, 1.54) is 37.9 Å². The van der Waals surface area contributed by atoms with Gasteiger partial charge in [-0.25, -0.2) is 9.97 Å². The number of furan rings is 1. The molecule has 0 unspecified atom stereocenters. The number of hydrogen-bond acceptors (Lipinski definition) is 3. The first kappa shape index (κ1) is 27.5. The van der Waals surface area contributed by atoms with Crippen LogP contribution in [0.1, 0.15) is 0 Å². The Morgan fingerprint density at radius 3 is 1.57 bits per heavy atom. The van der Waals surface area contributed by atoms with Crippen LogP contribution in [0, 0.1) is 0 Å². The SMILES string of the molecule is c1ccc(-c2cc(-c3cccc4oc5ccc(-c6ccc7c8ccccc8c8ccccc8c7c6)cc5c34)nc(-c3ccccc3)n2)cc1. The molecular formula is C46H28N2O. The highest BCUT2D eigenvalue weighted by molar-refractivity contribution is 6.25. The van der Waals surface area contributed by atoms with Crippen molar-refractivity contribution in [3.05, 3.63) is 170 Å². The Kier molecular flexibility index (Phi) is 6.18. The molecule has 3 nitrogen and oxygen atoms in total. The predicted octanol–water partition coefficient (Wildman–Crippen LogP) is 12.5. The Labute approximate surface area is 282 Å². The second kappa shape index (κ2) is 11.0. The van der Waals surface area contributed by atoms with Crippen molar-refractivity contribution in [2.45, 2.75) is 0 Å². The zero-order chi connectivity index (χ0) is 32.3. The Morgan fingerprint density at radius 2 is 0.878 bits per heavy atom. The van der Waals surface area contributed by atoms with Gasteiger partial charge in [-0.15, -0.1) is 0 Å². The van der Waals surface area contributed by atoms with Crippen molar-refractivity contribution >= 4 is 54.3 Å². The van der Waals surface area contributed by atoms with Gasteiger partial charge in [0, 0.05) is 27.5 Å². The quantitative estimate of drug-likeness (QED) is 0.183. The van der Waals surface area contributed by atoms with E-state index in [0.717, 1.165) is 55.6 Å². The molecule has 0 saturated heterocycles. The van der Waals surface area contributed by atoms with E-state index in [4.69, 9.17) is 14.4 Å². The van der Waals surface area contributed by atoms with Crippen LogP contribution < -0.4 is 0 Å². The minimum absolute atomic E-state index is 0.693. The molecule has 0 spiro atoms. The molecule has 0 atom stereocenters. The van der Waals surface area contributed by atoms with Crippen LogP contribution in [0.3, 0.4) is 0 Å². The second-order valence-electron chi connectivity index (χ2n) is 12.5. The molecule has 0 aliphatic rings. The van der Waals surface area contributed by atoms with Gasteiger partial charge in [-0.05, 0) is 73.8 Å². The average Bonchev–Trinajstić information content (AvgIpc) is 3.57. The number of hydrogen-bond donors (Lipinski definition) is 0. The molecule has 0 fully saturated rings. The highest BCUT2D eigenvalue weighted by Crippen LogP contribution is 2.41. The molecule has 0 aliphatic carbocycles. The summed E-state index contributed by atoms with van der Waals surface area (Å²) in [5.74, 6) is 0.693. The smallest absolute Gasteiger partial charge is 0.160 e. The normalized spacial score (nSPS) is 11.7. The fourth-order valence-electron chi connectivity index (χ4n) is 7.37. The third kappa shape index (κ3) is 4.51. The fraction of sp³-hybridized carbons (Fsp3) is 0. The molecule has 0 aliphatic heterocycles. The van der Waals surface area contributed by atoms with Crippen LogP contribution in [0.25, 0.3) is 99.3 Å². The minimum atomic E-state index is 0.693. The fourth-order valence-corrected chi connectivity index (χ4v) is 7.37. The summed E-state index contributed by atoms with van der Waals surface area (Å²) < 4.78 is 6.47. The first-order chi connectivity index (χ1) is 24.3. The summed E-state index contributed by atoms with van der Waals surface area (Å²) in [7, 11) is 0. The summed E-state index contributed by atoms with van der Waals surface area (Å²) in [5, 5.41) is 9.74. The van der Waals surface area contributed by atoms with E-state index in [1.807, 2.05) is 48.5 Å². The molecule has 2 heterocycles. The standard InChI is InChI=1S/C46H28N2O/c1-3-12-29(13-4-1)41-28-42(48-46(47-41)30-14-5-2-6-15-30)38-20-11-21-44-45(38)40-27-32(23-25-43(40)49-44)31-22-24-37-35-18-8-7-16-33(35)34-17-9-10-19-36(34)39(37)26-31/h1-28H. The first-order valence-electron chi connectivity index (χ1n) is 16.6. The third-order valence-electron chi connectivity index (χ3n) is 9.68. The van der Waals surface area contributed by atoms with E-state index < -0.39 is 0 Å². The van der Waals surface area contributed by atoms with Crippen LogP contribution in [-0.4, -0.2) is 9.97 Å². The monoisotopic (exact) mass is 624 g/mol. The van der Waals surface area contributed by atoms with Crippen LogP contribution >= 0.6 is 0 Å². The van der Waals surface area contributed by atoms with Gasteiger partial charge in [0.1, 0.15) is 11.2 Å². The molecule has 2 aromatic heterocycles. The van der Waals surface area contributed by atoms with Crippen molar-refractivity contribution in [1.29, 1.82) is 0 Å². The molecule has 0 bridgehead atoms. The highest BCUT2D eigenvalue weighted by atomic mass is 16.3. The topological polar surface area (TPSA) is 38.9 Å². The van der Waals surface area contributed by atoms with Crippen LogP contribution in [0.5, 0.6) is 0 Å². The maximum Gasteiger partial charge on any atom is 0.160 e. The van der Waals surface area contributed by atoms with Crippen LogP contribution in [0.15, 0.2) is 174 Å². The molecule has 0 N–H and O–H groups in total. The molecule has 10 aromatic rings. The molecule has 228 valence electrons. The van der Waals surface area contributed by atoms with E-state index in [-0.39, 0.29) is 0 Å². The number of rotatable bonds is 4. The summed E-state index contributed by atoms with van der Waals surface area (Å²) in [4.78, 5) is 10.2. The number of aromatic nitrogens is 2. The van der Waals surface area contributed by atoms with Crippen molar-refractivity contribution in [2.24, 2.45) is 0 Å². The lowest BCUT2D eigenvalue weighted by Gasteiger charge is -2.12. The van der Waals surface area contributed by atoms with Gasteiger partial charge in [0.25, 0.3) is 0 Å². The summed E-state index contributed by atoms with van der Waals surface area (Å²) in [6, 6.07) is 59.7. The Morgan fingerprint density at radius 1 is 0.327 bits per heavy atom. The van der Waals surface area contributed by atoms with Crippen LogP contribution in [0.2, 0.25) is 0 Å². The largest absolute Gasteiger partial charge is 0.456 e. The van der Waals surface area contributed by atoms with Crippen LogP contribution in [0.4, 0.5) is 0 Å². The molecule has 3 heteroatoms. The lowest BCUT2D eigenvalue weighted by molar-refractivity contribution is 0.669. The van der Waals surface area contributed by atoms with Gasteiger partial charge in [-0.2, -0.15) is 0 Å². The van der Waals surface area contributed by atoms with Gasteiger partial charge >= 0.3 is 0 Å². The van der Waals surface area contributed by atoms with Crippen molar-refractivity contribution in [3.8, 4) is 45.0 Å². The Balaban J connectivity index is 1.19. The molecule has 49 heavy (non-hydrogen) atoms. The van der Waals surface area contributed by atoms with E-state index in [1.54, 1.807) is 0 Å². The minimum Gasteiger partial charge on any atom is -0.456 e. The summed E-state index contributed by atoms with van der Waals surface area (Å²) in [6.07, 6.45) is 0. The van der Waals surface area contributed by atoms with E-state index in [9.17, 15) is 0 Å². The van der Waals surface area contributed by atoms with Crippen molar-refractivity contribution in [2.75, 3.05) is 0 Å². The first-order valence-corrected chi connectivity index (χ1v) is 16.6. The maximum absolute atomic E-state index is 6.47. The van der Waals surface area contributed by atoms with Crippen molar-refractivity contribution in [1.82, 2.24) is 9.97 Å². The van der Waals surface area contributed by atoms with Gasteiger partial charge in [0.15, 0.2) is 5.82 Å². The maximum atomic E-state index is 6.47. The van der Waals surface area contributed by atoms with Gasteiger partial charge < -0.3 is 4.42 Å². The summed E-state index contributed by atoms with van der Waals surface area (Å²) in [6.45, 7) is 0. The van der Waals surface area contributed by atoms with Gasteiger partial charge in [0.05, 0.1) is 11.4 Å². The highest BCUT2D eigenvalue weighted by Gasteiger charge is 2.18. The predicted molar refractivity (Wildman–Crippen MR) is 204 cm³/mol. The van der Waals surface area contributed by atoms with Gasteiger partial charge in [-0.1, -0.05) is 140 Å². The van der Waals surface area contributed by atoms with E-state index in [0.29, 0.717) is 5.82 Å². The molecule has 0 saturated carbocycles. The number of fused-ring (bicyclic) bond motifs is 9. The van der Waals surface area contributed by atoms with E-state index in [2.05, 4.69) is 121 Å². The Bertz CT molecular complexity index is 2780. The molecule has 8 aromatic carbocycles. The van der Waals surface area contributed by atoms with Crippen molar-refractivity contribution < 1.29 is 4.42 Å². The van der Waals surface area contributed by atoms with Crippen LogP contribution in [-0.2, 0) is 0 Å². The lowest BCUT2D eigenvalue weighted by Crippen LogP contribution is -1.96. The van der Waals surface area contributed by atoms with Gasteiger partial charge in [-0.3, -0.25) is 0 Å². The summed E-state index contributed by atoms with van der Waals surface area (Å²) >= 11 is 0. The lowest BCUT2D eigenvalue weighted by atomic mass is 9.92. The van der Waals surface area contributed by atoms with Gasteiger partial charge in [0.2, 0.25) is 0 Å². The molecular weight excluding hydrogens is 597 g/mol. The average molecular weight is 625 g/mol. The Hall–Kier alpha value is -6.58. The molecule has 0 radical (unpaired) electrons. The third-order valence-corrected chi connectivity index (χ3v) is 9.68.